The summed E-state index contributed by atoms with van der Waals surface area (Å²) in [6, 6.07) is 10.2. The lowest BCUT2D eigenvalue weighted by atomic mass is 10.2. The van der Waals surface area contributed by atoms with E-state index in [9.17, 15) is 9.59 Å². The predicted molar refractivity (Wildman–Crippen MR) is 83.0 cm³/mol. The predicted octanol–water partition coefficient (Wildman–Crippen LogP) is 3.19. The summed E-state index contributed by atoms with van der Waals surface area (Å²) in [6.45, 7) is 0. The normalized spacial score (nSPS) is 10.5. The van der Waals surface area contributed by atoms with Crippen LogP contribution in [0.25, 0.3) is 6.08 Å². The van der Waals surface area contributed by atoms with Crippen molar-refractivity contribution in [2.45, 2.75) is 0 Å². The first-order chi connectivity index (χ1) is 10.0. The van der Waals surface area contributed by atoms with Gasteiger partial charge in [-0.3, -0.25) is 4.79 Å². The van der Waals surface area contributed by atoms with Crippen molar-refractivity contribution in [2.24, 2.45) is 0 Å². The number of nitrogens with one attached hydrogen (secondary N) is 1. The highest BCUT2D eigenvalue weighted by molar-refractivity contribution is 9.10. The molecule has 0 saturated carbocycles. The first kappa shape index (κ1) is 14.9. The second-order valence-electron chi connectivity index (χ2n) is 4.11. The minimum absolute atomic E-state index is 0.296. The number of nitrogens with zero attached hydrogens (tertiary/aromatic N) is 1. The standard InChI is InChI=1S/C15H11BrN2O3/c16-11-5-6-13(17-9-11)15(21)18-12-3-1-2-10(8-12)4-7-14(19)20/h1-9H,(H,18,21)(H,19,20)/b7-4+. The highest BCUT2D eigenvalue weighted by atomic mass is 79.9. The number of anilines is 1. The smallest absolute Gasteiger partial charge is 0.328 e. The fraction of sp³-hybridized carbons (Fsp3) is 0. The number of hydrogen-bond acceptors (Lipinski definition) is 3. The third-order valence-corrected chi connectivity index (χ3v) is 2.99. The maximum Gasteiger partial charge on any atom is 0.328 e. The second kappa shape index (κ2) is 6.81. The largest absolute Gasteiger partial charge is 0.478 e. The Morgan fingerprint density at radius 1 is 1.24 bits per heavy atom. The Balaban J connectivity index is 2.12. The van der Waals surface area contributed by atoms with Gasteiger partial charge in [-0.1, -0.05) is 12.1 Å². The number of pyridine rings is 1. The van der Waals surface area contributed by atoms with E-state index >= 15 is 0 Å². The van der Waals surface area contributed by atoms with Crippen molar-refractivity contribution in [3.05, 3.63) is 64.4 Å². The molecular formula is C15H11BrN2O3. The molecule has 2 rings (SSSR count). The van der Waals surface area contributed by atoms with Crippen molar-refractivity contribution in [1.82, 2.24) is 4.98 Å². The van der Waals surface area contributed by atoms with E-state index in [0.29, 0.717) is 16.9 Å². The molecule has 0 unspecified atom stereocenters. The van der Waals surface area contributed by atoms with Crippen molar-refractivity contribution in [2.75, 3.05) is 5.32 Å². The molecule has 5 nitrogen and oxygen atoms in total. The number of aromatic nitrogens is 1. The van der Waals surface area contributed by atoms with E-state index in [-0.39, 0.29) is 5.91 Å². The van der Waals surface area contributed by atoms with Gasteiger partial charge in [-0.05, 0) is 51.8 Å². The third kappa shape index (κ3) is 4.54. The molecule has 0 saturated heterocycles. The third-order valence-electron chi connectivity index (χ3n) is 2.52. The minimum Gasteiger partial charge on any atom is -0.478 e. The molecule has 0 spiro atoms. The Bertz CT molecular complexity index is 696. The number of aliphatic carboxylic acids is 1. The monoisotopic (exact) mass is 346 g/mol. The van der Waals surface area contributed by atoms with E-state index < -0.39 is 5.97 Å². The van der Waals surface area contributed by atoms with Crippen LogP contribution in [0.1, 0.15) is 16.1 Å². The van der Waals surface area contributed by atoms with Crippen molar-refractivity contribution < 1.29 is 14.7 Å². The minimum atomic E-state index is -1.02. The van der Waals surface area contributed by atoms with Gasteiger partial charge in [-0.25, -0.2) is 9.78 Å². The van der Waals surface area contributed by atoms with Crippen LogP contribution in [0.5, 0.6) is 0 Å². The molecule has 1 aromatic carbocycles. The number of rotatable bonds is 4. The van der Waals surface area contributed by atoms with Crippen LogP contribution in [0, 0.1) is 0 Å². The molecule has 1 aromatic heterocycles. The summed E-state index contributed by atoms with van der Waals surface area (Å²) in [6.07, 6.45) is 4.04. The van der Waals surface area contributed by atoms with Gasteiger partial charge < -0.3 is 10.4 Å². The Morgan fingerprint density at radius 3 is 2.71 bits per heavy atom. The summed E-state index contributed by atoms with van der Waals surface area (Å²) in [7, 11) is 0. The summed E-state index contributed by atoms with van der Waals surface area (Å²) < 4.78 is 0.792. The maximum absolute atomic E-state index is 12.0. The maximum atomic E-state index is 12.0. The van der Waals surface area contributed by atoms with E-state index in [2.05, 4.69) is 26.2 Å². The first-order valence-electron chi connectivity index (χ1n) is 5.98. The second-order valence-corrected chi connectivity index (χ2v) is 5.03. The van der Waals surface area contributed by atoms with Crippen molar-refractivity contribution in [3.8, 4) is 0 Å². The van der Waals surface area contributed by atoms with Crippen LogP contribution in [-0.2, 0) is 4.79 Å². The summed E-state index contributed by atoms with van der Waals surface area (Å²) in [5.74, 6) is -1.36. The van der Waals surface area contributed by atoms with Crippen molar-refractivity contribution in [1.29, 1.82) is 0 Å². The Morgan fingerprint density at radius 2 is 2.05 bits per heavy atom. The van der Waals surface area contributed by atoms with Gasteiger partial charge in [-0.2, -0.15) is 0 Å². The molecule has 0 radical (unpaired) electrons. The Kier molecular flexibility index (Phi) is 4.84. The molecule has 2 aromatic rings. The highest BCUT2D eigenvalue weighted by Crippen LogP contribution is 2.14. The average Bonchev–Trinajstić information content (AvgIpc) is 2.46. The summed E-state index contributed by atoms with van der Waals surface area (Å²) in [4.78, 5) is 26.5. The van der Waals surface area contributed by atoms with Gasteiger partial charge in [-0.15, -0.1) is 0 Å². The molecule has 0 aliphatic heterocycles. The quantitative estimate of drug-likeness (QED) is 0.833. The number of hydrogen-bond donors (Lipinski definition) is 2. The number of carbonyl (C=O) groups is 2. The fourth-order valence-corrected chi connectivity index (χ4v) is 1.83. The number of halogens is 1. The van der Waals surface area contributed by atoms with Crippen LogP contribution < -0.4 is 5.32 Å². The van der Waals surface area contributed by atoms with E-state index in [1.54, 1.807) is 42.6 Å². The number of carboxylic acid groups (broad SMARTS) is 1. The van der Waals surface area contributed by atoms with Gasteiger partial charge >= 0.3 is 5.97 Å². The Hall–Kier alpha value is -2.47. The molecular weight excluding hydrogens is 336 g/mol. The topological polar surface area (TPSA) is 79.3 Å². The van der Waals surface area contributed by atoms with Gasteiger partial charge in [0.2, 0.25) is 0 Å². The Labute approximate surface area is 129 Å². The van der Waals surface area contributed by atoms with E-state index in [0.717, 1.165) is 10.5 Å². The summed E-state index contributed by atoms with van der Waals surface area (Å²) in [5.41, 5.74) is 1.54. The van der Waals surface area contributed by atoms with Gasteiger partial charge in [0.05, 0.1) is 0 Å². The lowest BCUT2D eigenvalue weighted by molar-refractivity contribution is -0.131. The zero-order chi connectivity index (χ0) is 15.2. The van der Waals surface area contributed by atoms with Crippen molar-refractivity contribution >= 4 is 39.6 Å². The molecule has 1 heterocycles. The number of benzene rings is 1. The molecule has 0 aliphatic carbocycles. The van der Waals surface area contributed by atoms with E-state index in [4.69, 9.17) is 5.11 Å². The zero-order valence-corrected chi connectivity index (χ0v) is 12.4. The molecule has 106 valence electrons. The van der Waals surface area contributed by atoms with Gasteiger partial charge in [0.15, 0.2) is 0 Å². The molecule has 6 heteroatoms. The molecule has 21 heavy (non-hydrogen) atoms. The highest BCUT2D eigenvalue weighted by Gasteiger charge is 2.07. The molecule has 2 N–H and O–H groups in total. The fourth-order valence-electron chi connectivity index (χ4n) is 1.59. The van der Waals surface area contributed by atoms with Crippen LogP contribution in [0.15, 0.2) is 53.1 Å². The number of carboxylic acids is 1. The van der Waals surface area contributed by atoms with Crippen LogP contribution in [0.4, 0.5) is 5.69 Å². The zero-order valence-electron chi connectivity index (χ0n) is 10.8. The van der Waals surface area contributed by atoms with Gasteiger partial charge in [0, 0.05) is 22.4 Å². The lowest BCUT2D eigenvalue weighted by Crippen LogP contribution is -2.13. The summed E-state index contributed by atoms with van der Waals surface area (Å²) in [5, 5.41) is 11.3. The summed E-state index contributed by atoms with van der Waals surface area (Å²) >= 11 is 3.25. The molecule has 0 aliphatic rings. The van der Waals surface area contributed by atoms with Gasteiger partial charge in [0.25, 0.3) is 5.91 Å². The van der Waals surface area contributed by atoms with Crippen molar-refractivity contribution in [3.63, 3.8) is 0 Å². The number of amides is 1. The molecule has 0 fully saturated rings. The molecule has 0 atom stereocenters. The SMILES string of the molecule is O=C(O)/C=C/c1cccc(NC(=O)c2ccc(Br)cn2)c1. The van der Waals surface area contributed by atoms with Crippen LogP contribution >= 0.6 is 15.9 Å². The van der Waals surface area contributed by atoms with E-state index in [1.807, 2.05) is 0 Å². The van der Waals surface area contributed by atoms with Gasteiger partial charge in [0.1, 0.15) is 5.69 Å². The number of carbonyl (C=O) groups excluding carboxylic acids is 1. The molecule has 1 amide bonds. The van der Waals surface area contributed by atoms with Crippen LogP contribution in [0.2, 0.25) is 0 Å². The average molecular weight is 347 g/mol. The lowest BCUT2D eigenvalue weighted by Gasteiger charge is -2.05. The van der Waals surface area contributed by atoms with E-state index in [1.165, 1.54) is 6.08 Å². The van der Waals surface area contributed by atoms with Crippen LogP contribution in [0.3, 0.4) is 0 Å². The molecule has 0 bridgehead atoms. The van der Waals surface area contributed by atoms with Crippen LogP contribution in [-0.4, -0.2) is 22.0 Å². The first-order valence-corrected chi connectivity index (χ1v) is 6.78.